The lowest BCUT2D eigenvalue weighted by atomic mass is 10.0. The molecule has 2 N–H and O–H groups in total. The molecule has 4 nitrogen and oxygen atoms in total. The van der Waals surface area contributed by atoms with E-state index in [-0.39, 0.29) is 24.4 Å². The highest BCUT2D eigenvalue weighted by Crippen LogP contribution is 2.18. The molecule has 1 saturated heterocycles. The second kappa shape index (κ2) is 9.40. The van der Waals surface area contributed by atoms with Crippen molar-refractivity contribution in [3.05, 3.63) is 24.3 Å². The van der Waals surface area contributed by atoms with E-state index in [1.165, 1.54) is 11.3 Å². The summed E-state index contributed by atoms with van der Waals surface area (Å²) in [6.45, 7) is 3.93. The van der Waals surface area contributed by atoms with Crippen LogP contribution >= 0.6 is 24.2 Å². The van der Waals surface area contributed by atoms with E-state index in [1.807, 2.05) is 44.5 Å². The smallest absolute Gasteiger partial charge is 0.241 e. The number of thioether (sulfide) groups is 1. The summed E-state index contributed by atoms with van der Waals surface area (Å²) in [7, 11) is 1.99. The molecule has 1 aliphatic heterocycles. The van der Waals surface area contributed by atoms with Crippen LogP contribution in [0.25, 0.3) is 0 Å². The number of halogens is 1. The van der Waals surface area contributed by atoms with E-state index in [2.05, 4.69) is 15.5 Å². The van der Waals surface area contributed by atoms with Crippen LogP contribution < -0.4 is 10.6 Å². The minimum atomic E-state index is -0.0959. The van der Waals surface area contributed by atoms with Crippen LogP contribution in [0.15, 0.2) is 29.2 Å². The second-order valence-corrected chi connectivity index (χ2v) is 6.40. The normalized spacial score (nSPS) is 20.0. The third-order valence-corrected chi connectivity index (χ3v) is 4.89. The molecule has 22 heavy (non-hydrogen) atoms. The second-order valence-electron chi connectivity index (χ2n) is 5.52. The quantitative estimate of drug-likeness (QED) is 0.807. The number of benzene rings is 1. The molecule has 0 spiro atoms. The summed E-state index contributed by atoms with van der Waals surface area (Å²) in [5.41, 5.74) is 0.867. The van der Waals surface area contributed by atoms with Crippen LogP contribution in [0.1, 0.15) is 19.8 Å². The number of likely N-dealkylation sites (tertiary alicyclic amines) is 1. The Kier molecular flexibility index (Phi) is 8.25. The fourth-order valence-corrected chi connectivity index (χ4v) is 3.09. The first-order valence-electron chi connectivity index (χ1n) is 7.50. The number of nitrogens with one attached hydrogen (secondary N) is 2. The summed E-state index contributed by atoms with van der Waals surface area (Å²) in [4.78, 5) is 15.8. The van der Waals surface area contributed by atoms with Crippen molar-refractivity contribution in [3.63, 3.8) is 0 Å². The molecule has 2 rings (SSSR count). The first kappa shape index (κ1) is 19.3. The van der Waals surface area contributed by atoms with Crippen molar-refractivity contribution in [2.45, 2.75) is 36.7 Å². The molecule has 0 bridgehead atoms. The van der Waals surface area contributed by atoms with Gasteiger partial charge >= 0.3 is 0 Å². The van der Waals surface area contributed by atoms with Crippen LogP contribution in [0.4, 0.5) is 5.69 Å². The first-order valence-corrected chi connectivity index (χ1v) is 8.72. The number of hydrogen-bond donors (Lipinski definition) is 2. The molecule has 1 fully saturated rings. The molecule has 1 aromatic carbocycles. The highest BCUT2D eigenvalue weighted by molar-refractivity contribution is 7.98. The van der Waals surface area contributed by atoms with Crippen LogP contribution in [-0.4, -0.2) is 49.3 Å². The molecule has 124 valence electrons. The van der Waals surface area contributed by atoms with Gasteiger partial charge in [0.15, 0.2) is 0 Å². The summed E-state index contributed by atoms with van der Waals surface area (Å²) in [6, 6.07) is 8.38. The average molecular weight is 344 g/mol. The molecule has 6 heteroatoms. The Balaban J connectivity index is 0.00000242. The fourth-order valence-electron chi connectivity index (χ4n) is 2.68. The number of hydrogen-bond acceptors (Lipinski definition) is 4. The number of anilines is 1. The van der Waals surface area contributed by atoms with Crippen LogP contribution in [0.2, 0.25) is 0 Å². The van der Waals surface area contributed by atoms with Gasteiger partial charge in [-0.05, 0) is 63.9 Å². The summed E-state index contributed by atoms with van der Waals surface area (Å²) < 4.78 is 0. The van der Waals surface area contributed by atoms with Crippen molar-refractivity contribution in [1.29, 1.82) is 0 Å². The Morgan fingerprint density at radius 1 is 1.36 bits per heavy atom. The highest BCUT2D eigenvalue weighted by atomic mass is 35.5. The van der Waals surface area contributed by atoms with Gasteiger partial charge in [-0.2, -0.15) is 0 Å². The lowest BCUT2D eigenvalue weighted by Crippen LogP contribution is -2.51. The van der Waals surface area contributed by atoms with Gasteiger partial charge in [0.1, 0.15) is 0 Å². The summed E-state index contributed by atoms with van der Waals surface area (Å²) in [5, 5.41) is 6.33. The summed E-state index contributed by atoms with van der Waals surface area (Å²) in [6.07, 6.45) is 4.38. The number of nitrogens with zero attached hydrogens (tertiary/aromatic N) is 1. The Labute approximate surface area is 143 Å². The molecule has 1 aromatic rings. The fraction of sp³-hybridized carbons (Fsp3) is 0.562. The van der Waals surface area contributed by atoms with Crippen molar-refractivity contribution in [1.82, 2.24) is 10.2 Å². The number of amides is 1. The third kappa shape index (κ3) is 5.16. The molecule has 1 heterocycles. The van der Waals surface area contributed by atoms with Gasteiger partial charge in [-0.1, -0.05) is 0 Å². The van der Waals surface area contributed by atoms with Crippen LogP contribution in [0, 0.1) is 0 Å². The SMILES string of the molecule is CNC1CCCN(C(C)C(=O)Nc2ccc(SC)cc2)C1.Cl. The first-order chi connectivity index (χ1) is 10.1. The Morgan fingerprint density at radius 3 is 2.64 bits per heavy atom. The monoisotopic (exact) mass is 343 g/mol. The largest absolute Gasteiger partial charge is 0.325 e. The zero-order chi connectivity index (χ0) is 15.2. The van der Waals surface area contributed by atoms with Gasteiger partial charge in [0.25, 0.3) is 0 Å². The lowest BCUT2D eigenvalue weighted by Gasteiger charge is -2.35. The lowest BCUT2D eigenvalue weighted by molar-refractivity contribution is -0.121. The van der Waals surface area contributed by atoms with Crippen molar-refractivity contribution < 1.29 is 4.79 Å². The van der Waals surface area contributed by atoms with Crippen LogP contribution in [0.5, 0.6) is 0 Å². The van der Waals surface area contributed by atoms with Gasteiger partial charge in [-0.25, -0.2) is 0 Å². The minimum Gasteiger partial charge on any atom is -0.325 e. The number of piperidine rings is 1. The summed E-state index contributed by atoms with van der Waals surface area (Å²) in [5.74, 6) is 0.0728. The molecule has 0 saturated carbocycles. The Hall–Kier alpha value is -0.750. The van der Waals surface area contributed by atoms with E-state index in [4.69, 9.17) is 0 Å². The van der Waals surface area contributed by atoms with E-state index in [0.29, 0.717) is 6.04 Å². The maximum absolute atomic E-state index is 12.4. The topological polar surface area (TPSA) is 44.4 Å². The summed E-state index contributed by atoms with van der Waals surface area (Å²) >= 11 is 1.70. The zero-order valence-electron chi connectivity index (χ0n) is 13.5. The molecule has 0 aliphatic carbocycles. The standard InChI is InChI=1S/C16H25N3OS.ClH/c1-12(19-10-4-5-14(11-19)17-2)16(20)18-13-6-8-15(21-3)9-7-13;/h6-9,12,14,17H,4-5,10-11H2,1-3H3,(H,18,20);1H. The van der Waals surface area contributed by atoms with Gasteiger partial charge in [-0.15, -0.1) is 24.2 Å². The molecule has 0 radical (unpaired) electrons. The predicted octanol–water partition coefficient (Wildman–Crippen LogP) is 2.84. The van der Waals surface area contributed by atoms with Crippen LogP contribution in [-0.2, 0) is 4.79 Å². The van der Waals surface area contributed by atoms with Crippen molar-refractivity contribution >= 4 is 35.8 Å². The van der Waals surface area contributed by atoms with E-state index in [1.54, 1.807) is 11.8 Å². The number of carbonyl (C=O) groups is 1. The molecule has 0 aromatic heterocycles. The predicted molar refractivity (Wildman–Crippen MR) is 97.2 cm³/mol. The molecular weight excluding hydrogens is 318 g/mol. The highest BCUT2D eigenvalue weighted by Gasteiger charge is 2.26. The number of rotatable bonds is 5. The van der Waals surface area contributed by atoms with Crippen molar-refractivity contribution in [2.75, 3.05) is 31.7 Å². The van der Waals surface area contributed by atoms with Gasteiger partial charge in [-0.3, -0.25) is 9.69 Å². The molecule has 2 atom stereocenters. The molecule has 2 unspecified atom stereocenters. The Morgan fingerprint density at radius 2 is 2.05 bits per heavy atom. The molecule has 1 aliphatic rings. The Bertz CT molecular complexity index is 469. The number of carbonyl (C=O) groups excluding carboxylic acids is 1. The maximum Gasteiger partial charge on any atom is 0.241 e. The van der Waals surface area contributed by atoms with E-state index in [9.17, 15) is 4.79 Å². The van der Waals surface area contributed by atoms with E-state index < -0.39 is 0 Å². The van der Waals surface area contributed by atoms with E-state index >= 15 is 0 Å². The molecular formula is C16H26ClN3OS. The maximum atomic E-state index is 12.4. The van der Waals surface area contributed by atoms with Gasteiger partial charge in [0.05, 0.1) is 6.04 Å². The van der Waals surface area contributed by atoms with Crippen molar-refractivity contribution in [2.24, 2.45) is 0 Å². The van der Waals surface area contributed by atoms with Gasteiger partial charge in [0, 0.05) is 23.2 Å². The number of likely N-dealkylation sites (N-methyl/N-ethyl adjacent to an activating group) is 1. The third-order valence-electron chi connectivity index (χ3n) is 4.15. The van der Waals surface area contributed by atoms with Crippen LogP contribution in [0.3, 0.4) is 0 Å². The van der Waals surface area contributed by atoms with Crippen molar-refractivity contribution in [3.8, 4) is 0 Å². The average Bonchev–Trinajstić information content (AvgIpc) is 2.54. The zero-order valence-corrected chi connectivity index (χ0v) is 15.1. The van der Waals surface area contributed by atoms with Gasteiger partial charge in [0.2, 0.25) is 5.91 Å². The van der Waals surface area contributed by atoms with E-state index in [0.717, 1.165) is 25.2 Å². The molecule has 1 amide bonds. The van der Waals surface area contributed by atoms with Gasteiger partial charge < -0.3 is 10.6 Å². The minimum absolute atomic E-state index is 0.